The van der Waals surface area contributed by atoms with E-state index in [0.29, 0.717) is 13.0 Å². The number of halogens is 1. The van der Waals surface area contributed by atoms with Crippen molar-refractivity contribution in [2.24, 2.45) is 0 Å². The molecule has 1 N–H and O–H groups in total. The fraction of sp³-hybridized carbons (Fsp3) is 0.417. The summed E-state index contributed by atoms with van der Waals surface area (Å²) >= 11 is 0. The number of hydrogen-bond donors (Lipinski definition) is 1. The van der Waals surface area contributed by atoms with E-state index in [1.807, 2.05) is 49.3 Å². The van der Waals surface area contributed by atoms with Crippen LogP contribution in [0, 0.1) is 0 Å². The molecule has 1 aromatic rings. The second kappa shape index (κ2) is 8.13. The lowest BCUT2D eigenvalue weighted by Gasteiger charge is -2.10. The third kappa shape index (κ3) is 6.43. The van der Waals surface area contributed by atoms with E-state index >= 15 is 0 Å². The summed E-state index contributed by atoms with van der Waals surface area (Å²) in [5.74, 6) is 0.0862. The quantitative estimate of drug-likeness (QED) is 0.845. The summed E-state index contributed by atoms with van der Waals surface area (Å²) in [6.07, 6.45) is 0.467. The Kier molecular flexibility index (Phi) is 7.60. The van der Waals surface area contributed by atoms with Crippen LogP contribution in [0.15, 0.2) is 30.3 Å². The van der Waals surface area contributed by atoms with Crippen LogP contribution in [-0.2, 0) is 11.2 Å². The van der Waals surface area contributed by atoms with Gasteiger partial charge in [0.15, 0.2) is 0 Å². The Bertz CT molecular complexity index is 301. The average molecular weight is 243 g/mol. The third-order valence-electron chi connectivity index (χ3n) is 2.09. The number of rotatable bonds is 5. The van der Waals surface area contributed by atoms with Gasteiger partial charge in [0.05, 0.1) is 6.42 Å². The van der Waals surface area contributed by atoms with Crippen LogP contribution >= 0.6 is 12.4 Å². The second-order valence-electron chi connectivity index (χ2n) is 3.82. The number of amides is 1. The van der Waals surface area contributed by atoms with Gasteiger partial charge in [-0.05, 0) is 19.7 Å². The molecule has 0 atom stereocenters. The number of hydrogen-bond acceptors (Lipinski definition) is 2. The zero-order chi connectivity index (χ0) is 11.1. The lowest BCUT2D eigenvalue weighted by atomic mass is 10.1. The molecule has 0 aliphatic heterocycles. The van der Waals surface area contributed by atoms with E-state index in [1.54, 1.807) is 0 Å². The maximum atomic E-state index is 11.5. The standard InChI is InChI=1S/C12H18N2O.ClH/c1-14(2)9-8-13-12(15)10-11-6-4-3-5-7-11;/h3-7H,8-10H2,1-2H3,(H,13,15);1H. The van der Waals surface area contributed by atoms with Gasteiger partial charge in [-0.2, -0.15) is 0 Å². The van der Waals surface area contributed by atoms with Gasteiger partial charge in [0.25, 0.3) is 0 Å². The summed E-state index contributed by atoms with van der Waals surface area (Å²) < 4.78 is 0. The fourth-order valence-electron chi connectivity index (χ4n) is 1.26. The third-order valence-corrected chi connectivity index (χ3v) is 2.09. The minimum atomic E-state index is 0. The van der Waals surface area contributed by atoms with E-state index < -0.39 is 0 Å². The number of likely N-dealkylation sites (N-methyl/N-ethyl adjacent to an activating group) is 1. The second-order valence-corrected chi connectivity index (χ2v) is 3.82. The average Bonchev–Trinajstić information content (AvgIpc) is 2.18. The molecule has 1 rings (SSSR count). The van der Waals surface area contributed by atoms with Gasteiger partial charge in [-0.15, -0.1) is 12.4 Å². The summed E-state index contributed by atoms with van der Waals surface area (Å²) in [5.41, 5.74) is 1.06. The minimum Gasteiger partial charge on any atom is -0.355 e. The van der Waals surface area contributed by atoms with Crippen LogP contribution in [0.25, 0.3) is 0 Å². The van der Waals surface area contributed by atoms with Gasteiger partial charge in [0, 0.05) is 13.1 Å². The number of benzene rings is 1. The van der Waals surface area contributed by atoms with E-state index in [2.05, 4.69) is 5.32 Å². The lowest BCUT2D eigenvalue weighted by molar-refractivity contribution is -0.120. The Morgan fingerprint density at radius 1 is 1.25 bits per heavy atom. The van der Waals surface area contributed by atoms with Crippen LogP contribution in [0.3, 0.4) is 0 Å². The minimum absolute atomic E-state index is 0. The molecule has 90 valence electrons. The molecule has 0 unspecified atom stereocenters. The van der Waals surface area contributed by atoms with E-state index in [4.69, 9.17) is 0 Å². The van der Waals surface area contributed by atoms with Crippen LogP contribution in [0.4, 0.5) is 0 Å². The normalized spacial score (nSPS) is 9.69. The van der Waals surface area contributed by atoms with Crippen molar-refractivity contribution in [1.82, 2.24) is 10.2 Å². The van der Waals surface area contributed by atoms with Crippen molar-refractivity contribution in [3.8, 4) is 0 Å². The number of nitrogens with zero attached hydrogens (tertiary/aromatic N) is 1. The predicted molar refractivity (Wildman–Crippen MR) is 69.0 cm³/mol. The molecule has 3 nitrogen and oxygen atoms in total. The van der Waals surface area contributed by atoms with Gasteiger partial charge >= 0.3 is 0 Å². The molecular formula is C12H19ClN2O. The first-order valence-corrected chi connectivity index (χ1v) is 5.14. The molecule has 0 spiro atoms. The van der Waals surface area contributed by atoms with Gasteiger partial charge in [-0.3, -0.25) is 4.79 Å². The van der Waals surface area contributed by atoms with Crippen molar-refractivity contribution < 1.29 is 4.79 Å². The zero-order valence-electron chi connectivity index (χ0n) is 9.77. The van der Waals surface area contributed by atoms with Crippen molar-refractivity contribution in [2.45, 2.75) is 6.42 Å². The van der Waals surface area contributed by atoms with Crippen molar-refractivity contribution in [2.75, 3.05) is 27.2 Å². The SMILES string of the molecule is CN(C)CCNC(=O)Cc1ccccc1.Cl. The number of nitrogens with one attached hydrogen (secondary N) is 1. The van der Waals surface area contributed by atoms with Crippen molar-refractivity contribution >= 4 is 18.3 Å². The first-order chi connectivity index (χ1) is 7.18. The predicted octanol–water partition coefficient (Wildman–Crippen LogP) is 1.33. The molecule has 0 radical (unpaired) electrons. The van der Waals surface area contributed by atoms with Crippen molar-refractivity contribution in [1.29, 1.82) is 0 Å². The molecule has 0 heterocycles. The molecule has 0 aromatic heterocycles. The van der Waals surface area contributed by atoms with Crippen LogP contribution in [-0.4, -0.2) is 38.0 Å². The smallest absolute Gasteiger partial charge is 0.224 e. The maximum absolute atomic E-state index is 11.5. The van der Waals surface area contributed by atoms with Gasteiger partial charge < -0.3 is 10.2 Å². The fourth-order valence-corrected chi connectivity index (χ4v) is 1.26. The van der Waals surface area contributed by atoms with Gasteiger partial charge in [0.2, 0.25) is 5.91 Å². The monoisotopic (exact) mass is 242 g/mol. The zero-order valence-corrected chi connectivity index (χ0v) is 10.6. The highest BCUT2D eigenvalue weighted by molar-refractivity contribution is 5.85. The van der Waals surface area contributed by atoms with Gasteiger partial charge in [0.1, 0.15) is 0 Å². The summed E-state index contributed by atoms with van der Waals surface area (Å²) in [5, 5.41) is 2.88. The topological polar surface area (TPSA) is 32.3 Å². The Hall–Kier alpha value is -1.06. The first-order valence-electron chi connectivity index (χ1n) is 5.14. The molecule has 16 heavy (non-hydrogen) atoms. The van der Waals surface area contributed by atoms with Crippen LogP contribution in [0.5, 0.6) is 0 Å². The van der Waals surface area contributed by atoms with Crippen LogP contribution < -0.4 is 5.32 Å². The van der Waals surface area contributed by atoms with E-state index in [9.17, 15) is 4.79 Å². The molecule has 0 fully saturated rings. The van der Waals surface area contributed by atoms with Crippen molar-refractivity contribution in [3.05, 3.63) is 35.9 Å². The summed E-state index contributed by atoms with van der Waals surface area (Å²) in [6, 6.07) is 9.77. The summed E-state index contributed by atoms with van der Waals surface area (Å²) in [7, 11) is 3.98. The molecule has 0 saturated carbocycles. The van der Waals surface area contributed by atoms with E-state index in [0.717, 1.165) is 12.1 Å². The van der Waals surface area contributed by atoms with E-state index in [-0.39, 0.29) is 18.3 Å². The van der Waals surface area contributed by atoms with Gasteiger partial charge in [-0.1, -0.05) is 30.3 Å². The maximum Gasteiger partial charge on any atom is 0.224 e. The number of carbonyl (C=O) groups is 1. The highest BCUT2D eigenvalue weighted by Crippen LogP contribution is 1.98. The molecule has 0 aliphatic rings. The Balaban J connectivity index is 0.00000225. The number of carbonyl (C=O) groups excluding carboxylic acids is 1. The summed E-state index contributed by atoms with van der Waals surface area (Å²) in [4.78, 5) is 13.5. The van der Waals surface area contributed by atoms with Crippen LogP contribution in [0.2, 0.25) is 0 Å². The Morgan fingerprint density at radius 3 is 2.44 bits per heavy atom. The lowest BCUT2D eigenvalue weighted by Crippen LogP contribution is -2.32. The Morgan fingerprint density at radius 2 is 1.88 bits per heavy atom. The molecule has 1 aromatic carbocycles. The molecule has 0 saturated heterocycles. The van der Waals surface area contributed by atoms with Gasteiger partial charge in [-0.25, -0.2) is 0 Å². The molecule has 1 amide bonds. The van der Waals surface area contributed by atoms with Crippen LogP contribution in [0.1, 0.15) is 5.56 Å². The first kappa shape index (κ1) is 14.9. The van der Waals surface area contributed by atoms with Crippen molar-refractivity contribution in [3.63, 3.8) is 0 Å². The molecular weight excluding hydrogens is 224 g/mol. The Labute approximate surface area is 103 Å². The molecule has 0 aliphatic carbocycles. The molecule has 0 bridgehead atoms. The summed E-state index contributed by atoms with van der Waals surface area (Å²) in [6.45, 7) is 1.58. The molecule has 4 heteroatoms. The largest absolute Gasteiger partial charge is 0.355 e. The van der Waals surface area contributed by atoms with E-state index in [1.165, 1.54) is 0 Å². The highest BCUT2D eigenvalue weighted by atomic mass is 35.5. The highest BCUT2D eigenvalue weighted by Gasteiger charge is 2.01.